The second kappa shape index (κ2) is 6.46. The Balaban J connectivity index is 2.48. The van der Waals surface area contributed by atoms with E-state index in [9.17, 15) is 19.5 Å². The number of carbonyl (C=O) groups is 3. The summed E-state index contributed by atoms with van der Waals surface area (Å²) < 4.78 is 4.89. The number of nitrogens with zero attached hydrogens (tertiary/aromatic N) is 1. The fraction of sp³-hybridized carbons (Fsp3) is 0.400. The number of methoxy groups -OCH3 is 1. The Kier molecular flexibility index (Phi) is 4.83. The number of hydrogen-bond acceptors (Lipinski definition) is 4. The summed E-state index contributed by atoms with van der Waals surface area (Å²) in [6, 6.07) is 6.52. The third-order valence-electron chi connectivity index (χ3n) is 3.77. The van der Waals surface area contributed by atoms with Crippen LogP contribution in [0.15, 0.2) is 24.3 Å². The van der Waals surface area contributed by atoms with Crippen molar-refractivity contribution < 1.29 is 24.2 Å². The second-order valence-electron chi connectivity index (χ2n) is 5.15. The first kappa shape index (κ1) is 16.5. The Morgan fingerprint density at radius 2 is 2.09 bits per heavy atom. The molecule has 1 heterocycles. The SMILES string of the molecule is COCCN1C(=O)C[C@](CC(=O)O)(c2ccccc2Cl)C1=O. The molecule has 1 atom stereocenters. The molecule has 6 nitrogen and oxygen atoms in total. The van der Waals surface area contributed by atoms with Gasteiger partial charge in [-0.3, -0.25) is 19.3 Å². The standard InChI is InChI=1S/C15H16ClNO5/c1-22-7-6-17-12(18)8-15(14(17)21,9-13(19)20)10-4-2-3-5-11(10)16/h2-5H,6-9H2,1H3,(H,19,20)/t15-/m0/s1. The Bertz CT molecular complexity index is 618. The molecule has 0 bridgehead atoms. The number of likely N-dealkylation sites (tertiary alicyclic amines) is 1. The number of carboxylic acids is 1. The molecule has 0 saturated carbocycles. The zero-order chi connectivity index (χ0) is 16.3. The fourth-order valence-electron chi connectivity index (χ4n) is 2.76. The molecular formula is C15H16ClNO5. The predicted molar refractivity (Wildman–Crippen MR) is 78.6 cm³/mol. The van der Waals surface area contributed by atoms with Crippen LogP contribution in [-0.2, 0) is 24.5 Å². The summed E-state index contributed by atoms with van der Waals surface area (Å²) in [5.41, 5.74) is -1.08. The lowest BCUT2D eigenvalue weighted by molar-refractivity contribution is -0.145. The van der Waals surface area contributed by atoms with Gasteiger partial charge in [-0.2, -0.15) is 0 Å². The molecule has 1 aliphatic rings. The minimum atomic E-state index is -1.45. The summed E-state index contributed by atoms with van der Waals surface area (Å²) in [5.74, 6) is -2.11. The first-order valence-corrected chi connectivity index (χ1v) is 7.10. The highest BCUT2D eigenvalue weighted by Gasteiger charge is 2.54. The highest BCUT2D eigenvalue weighted by Crippen LogP contribution is 2.42. The number of halogens is 1. The van der Waals surface area contributed by atoms with Gasteiger partial charge in [-0.25, -0.2) is 0 Å². The summed E-state index contributed by atoms with van der Waals surface area (Å²) in [6.45, 7) is 0.295. The molecule has 1 fully saturated rings. The summed E-state index contributed by atoms with van der Waals surface area (Å²) in [5, 5.41) is 9.48. The van der Waals surface area contributed by atoms with Gasteiger partial charge in [0.15, 0.2) is 0 Å². The van der Waals surface area contributed by atoms with Crippen LogP contribution >= 0.6 is 11.6 Å². The Labute approximate surface area is 132 Å². The van der Waals surface area contributed by atoms with Crippen LogP contribution in [0.1, 0.15) is 18.4 Å². The monoisotopic (exact) mass is 325 g/mol. The van der Waals surface area contributed by atoms with Gasteiger partial charge in [0.1, 0.15) is 0 Å². The number of aliphatic carboxylic acids is 1. The lowest BCUT2D eigenvalue weighted by Crippen LogP contribution is -2.41. The van der Waals surface area contributed by atoms with Gasteiger partial charge in [0.25, 0.3) is 0 Å². The van der Waals surface area contributed by atoms with E-state index in [4.69, 9.17) is 16.3 Å². The van der Waals surface area contributed by atoms with Crippen molar-refractivity contribution in [3.8, 4) is 0 Å². The molecule has 0 aromatic heterocycles. The first-order valence-electron chi connectivity index (χ1n) is 6.73. The molecule has 0 unspecified atom stereocenters. The summed E-state index contributed by atoms with van der Waals surface area (Å²) in [7, 11) is 1.46. The van der Waals surface area contributed by atoms with Gasteiger partial charge in [0.2, 0.25) is 11.8 Å². The molecule has 1 aromatic carbocycles. The molecule has 1 N–H and O–H groups in total. The van der Waals surface area contributed by atoms with Crippen molar-refractivity contribution in [2.75, 3.05) is 20.3 Å². The van der Waals surface area contributed by atoms with Crippen LogP contribution in [0.25, 0.3) is 0 Å². The maximum atomic E-state index is 12.8. The van der Waals surface area contributed by atoms with Gasteiger partial charge >= 0.3 is 5.97 Å². The third-order valence-corrected chi connectivity index (χ3v) is 4.10. The van der Waals surface area contributed by atoms with Gasteiger partial charge in [-0.15, -0.1) is 0 Å². The van der Waals surface area contributed by atoms with Gasteiger partial charge in [-0.05, 0) is 11.6 Å². The van der Waals surface area contributed by atoms with E-state index in [2.05, 4.69) is 0 Å². The molecule has 0 radical (unpaired) electrons. The molecular weight excluding hydrogens is 310 g/mol. The zero-order valence-electron chi connectivity index (χ0n) is 12.0. The molecule has 2 rings (SSSR count). The van der Waals surface area contributed by atoms with Gasteiger partial charge in [-0.1, -0.05) is 29.8 Å². The number of imide groups is 1. The highest BCUT2D eigenvalue weighted by molar-refractivity contribution is 6.32. The van der Waals surface area contributed by atoms with E-state index in [0.717, 1.165) is 4.90 Å². The molecule has 2 amide bonds. The van der Waals surface area contributed by atoms with Gasteiger partial charge in [0, 0.05) is 18.6 Å². The number of ether oxygens (including phenoxy) is 1. The molecule has 1 aliphatic heterocycles. The summed E-state index contributed by atoms with van der Waals surface area (Å²) in [4.78, 5) is 37.3. The third kappa shape index (κ3) is 2.84. The van der Waals surface area contributed by atoms with E-state index < -0.39 is 29.6 Å². The smallest absolute Gasteiger partial charge is 0.304 e. The number of carbonyl (C=O) groups excluding carboxylic acids is 2. The Morgan fingerprint density at radius 1 is 1.41 bits per heavy atom. The van der Waals surface area contributed by atoms with E-state index in [-0.39, 0.29) is 24.6 Å². The van der Waals surface area contributed by atoms with Crippen molar-refractivity contribution in [2.45, 2.75) is 18.3 Å². The lowest BCUT2D eigenvalue weighted by atomic mass is 9.76. The van der Waals surface area contributed by atoms with Crippen molar-refractivity contribution in [1.82, 2.24) is 4.90 Å². The van der Waals surface area contributed by atoms with E-state index in [1.54, 1.807) is 24.3 Å². The van der Waals surface area contributed by atoms with Gasteiger partial charge in [0.05, 0.1) is 25.0 Å². The average Bonchev–Trinajstić information content (AvgIpc) is 2.68. The zero-order valence-corrected chi connectivity index (χ0v) is 12.8. The Hall–Kier alpha value is -1.92. The minimum Gasteiger partial charge on any atom is -0.481 e. The van der Waals surface area contributed by atoms with Gasteiger partial charge < -0.3 is 9.84 Å². The highest BCUT2D eigenvalue weighted by atomic mass is 35.5. The van der Waals surface area contributed by atoms with Crippen LogP contribution < -0.4 is 0 Å². The fourth-order valence-corrected chi connectivity index (χ4v) is 3.08. The van der Waals surface area contributed by atoms with Crippen LogP contribution in [0.5, 0.6) is 0 Å². The maximum absolute atomic E-state index is 12.8. The maximum Gasteiger partial charge on any atom is 0.304 e. The molecule has 0 spiro atoms. The lowest BCUT2D eigenvalue weighted by Gasteiger charge is -2.26. The average molecular weight is 326 g/mol. The van der Waals surface area contributed by atoms with E-state index >= 15 is 0 Å². The molecule has 0 aliphatic carbocycles. The van der Waals surface area contributed by atoms with Crippen molar-refractivity contribution in [3.63, 3.8) is 0 Å². The molecule has 7 heteroatoms. The Morgan fingerprint density at radius 3 is 2.68 bits per heavy atom. The van der Waals surface area contributed by atoms with Crippen molar-refractivity contribution >= 4 is 29.4 Å². The molecule has 118 valence electrons. The molecule has 22 heavy (non-hydrogen) atoms. The van der Waals surface area contributed by atoms with Crippen LogP contribution in [-0.4, -0.2) is 48.1 Å². The van der Waals surface area contributed by atoms with Crippen LogP contribution in [0, 0.1) is 0 Å². The normalized spacial score (nSPS) is 21.5. The molecule has 1 saturated heterocycles. The largest absolute Gasteiger partial charge is 0.481 e. The molecule has 1 aromatic rings. The number of hydrogen-bond donors (Lipinski definition) is 1. The number of carboxylic acid groups (broad SMARTS) is 1. The van der Waals surface area contributed by atoms with Crippen molar-refractivity contribution in [1.29, 1.82) is 0 Å². The van der Waals surface area contributed by atoms with E-state index in [0.29, 0.717) is 5.56 Å². The summed E-state index contributed by atoms with van der Waals surface area (Å²) in [6.07, 6.45) is -0.684. The van der Waals surface area contributed by atoms with Crippen molar-refractivity contribution in [3.05, 3.63) is 34.9 Å². The predicted octanol–water partition coefficient (Wildman–Crippen LogP) is 1.46. The number of rotatable bonds is 6. The van der Waals surface area contributed by atoms with E-state index in [1.165, 1.54) is 7.11 Å². The van der Waals surface area contributed by atoms with Crippen LogP contribution in [0.3, 0.4) is 0 Å². The summed E-state index contributed by atoms with van der Waals surface area (Å²) >= 11 is 6.14. The minimum absolute atomic E-state index is 0.0972. The van der Waals surface area contributed by atoms with Crippen LogP contribution in [0.2, 0.25) is 5.02 Å². The second-order valence-corrected chi connectivity index (χ2v) is 5.56. The first-order chi connectivity index (χ1) is 10.4. The van der Waals surface area contributed by atoms with E-state index in [1.807, 2.05) is 0 Å². The topological polar surface area (TPSA) is 83.9 Å². The quantitative estimate of drug-likeness (QED) is 0.800. The number of benzene rings is 1. The van der Waals surface area contributed by atoms with Crippen LogP contribution in [0.4, 0.5) is 0 Å². The van der Waals surface area contributed by atoms with Crippen molar-refractivity contribution in [2.24, 2.45) is 0 Å². The number of amides is 2.